The summed E-state index contributed by atoms with van der Waals surface area (Å²) in [6.45, 7) is 3.11. The molecule has 2 amide bonds. The van der Waals surface area contributed by atoms with Crippen LogP contribution < -0.4 is 5.32 Å². The maximum atomic E-state index is 11.7. The zero-order chi connectivity index (χ0) is 15.2. The molecule has 2 N–H and O–H groups in total. The molecule has 0 bridgehead atoms. The largest absolute Gasteiger partial charge is 0.480 e. The van der Waals surface area contributed by atoms with E-state index >= 15 is 0 Å². The van der Waals surface area contributed by atoms with Gasteiger partial charge in [0.05, 0.1) is 5.75 Å². The molecule has 0 fully saturated rings. The number of hydrogen-bond donors (Lipinski definition) is 2. The molecule has 0 aromatic heterocycles. The molecule has 0 saturated carbocycles. The highest BCUT2D eigenvalue weighted by molar-refractivity contribution is 7.92. The van der Waals surface area contributed by atoms with E-state index in [9.17, 15) is 22.8 Å². The number of sulfone groups is 1. The Kier molecular flexibility index (Phi) is 6.46. The Hall–Kier alpha value is -1.64. The summed E-state index contributed by atoms with van der Waals surface area (Å²) in [6.07, 6.45) is 0. The molecule has 19 heavy (non-hydrogen) atoms. The van der Waals surface area contributed by atoms with E-state index in [1.807, 2.05) is 5.32 Å². The predicted octanol–water partition coefficient (Wildman–Crippen LogP) is -1.53. The summed E-state index contributed by atoms with van der Waals surface area (Å²) < 4.78 is 23.4. The molecule has 0 saturated heterocycles. The number of carbonyl (C=O) groups is 3. The van der Waals surface area contributed by atoms with E-state index in [1.54, 1.807) is 6.92 Å². The molecule has 0 aromatic rings. The van der Waals surface area contributed by atoms with E-state index in [-0.39, 0.29) is 0 Å². The summed E-state index contributed by atoms with van der Waals surface area (Å²) in [4.78, 5) is 34.3. The van der Waals surface area contributed by atoms with Gasteiger partial charge in [-0.25, -0.2) is 13.2 Å². The first-order valence-corrected chi connectivity index (χ1v) is 7.35. The van der Waals surface area contributed by atoms with Gasteiger partial charge in [0.2, 0.25) is 11.8 Å². The van der Waals surface area contributed by atoms with Crippen molar-refractivity contribution in [3.05, 3.63) is 0 Å². The third-order valence-electron chi connectivity index (χ3n) is 2.34. The van der Waals surface area contributed by atoms with Crippen molar-refractivity contribution in [1.29, 1.82) is 0 Å². The van der Waals surface area contributed by atoms with Gasteiger partial charge in [0.25, 0.3) is 0 Å². The summed E-state index contributed by atoms with van der Waals surface area (Å²) in [7, 11) is -2.47. The van der Waals surface area contributed by atoms with Crippen LogP contribution in [0.3, 0.4) is 0 Å². The van der Waals surface area contributed by atoms with Gasteiger partial charge in [-0.05, 0) is 6.92 Å². The van der Waals surface area contributed by atoms with Gasteiger partial charge in [-0.3, -0.25) is 9.59 Å². The molecule has 0 rings (SSSR count). The Labute approximate surface area is 111 Å². The van der Waals surface area contributed by atoms with Gasteiger partial charge in [-0.1, -0.05) is 0 Å². The van der Waals surface area contributed by atoms with Crippen molar-refractivity contribution in [2.45, 2.75) is 19.9 Å². The first-order valence-electron chi connectivity index (χ1n) is 5.53. The number of carboxylic acid groups (broad SMARTS) is 1. The lowest BCUT2D eigenvalue weighted by molar-refractivity contribution is -0.140. The lowest BCUT2D eigenvalue weighted by atomic mass is 10.3. The second kappa shape index (κ2) is 7.07. The first kappa shape index (κ1) is 17.4. The van der Waals surface area contributed by atoms with E-state index in [0.29, 0.717) is 6.54 Å². The number of nitrogens with zero attached hydrogens (tertiary/aromatic N) is 1. The number of nitrogens with one attached hydrogen (secondary N) is 1. The smallest absolute Gasteiger partial charge is 0.327 e. The Morgan fingerprint density at radius 3 is 2.21 bits per heavy atom. The highest BCUT2D eigenvalue weighted by Gasteiger charge is 2.28. The molecule has 110 valence electrons. The van der Waals surface area contributed by atoms with E-state index in [1.165, 1.54) is 11.9 Å². The van der Waals surface area contributed by atoms with Crippen molar-refractivity contribution in [3.63, 3.8) is 0 Å². The molecule has 0 radical (unpaired) electrons. The van der Waals surface area contributed by atoms with Gasteiger partial charge < -0.3 is 15.3 Å². The lowest BCUT2D eigenvalue weighted by Gasteiger charge is -2.16. The standard InChI is InChI=1S/C10H18N2O6S/c1-4-12(3)9(14)6-19(17,18)5-8(10(15)16)11-7(2)13/h8H,4-6H2,1-3H3,(H,11,13)(H,15,16). The van der Waals surface area contributed by atoms with Crippen LogP contribution >= 0.6 is 0 Å². The molecule has 9 heteroatoms. The van der Waals surface area contributed by atoms with Crippen LogP contribution in [0.4, 0.5) is 0 Å². The van der Waals surface area contributed by atoms with Crippen LogP contribution in [0.2, 0.25) is 0 Å². The molecule has 8 nitrogen and oxygen atoms in total. The summed E-state index contributed by atoms with van der Waals surface area (Å²) in [5.41, 5.74) is 0. The average molecular weight is 294 g/mol. The fourth-order valence-electron chi connectivity index (χ4n) is 1.21. The molecule has 0 heterocycles. The summed E-state index contributed by atoms with van der Waals surface area (Å²) >= 11 is 0. The second-order valence-corrected chi connectivity index (χ2v) is 6.16. The van der Waals surface area contributed by atoms with Crippen LogP contribution in [0.25, 0.3) is 0 Å². The molecule has 1 atom stereocenters. The minimum absolute atomic E-state index is 0.350. The maximum Gasteiger partial charge on any atom is 0.327 e. The van der Waals surface area contributed by atoms with Crippen molar-refractivity contribution in [2.75, 3.05) is 25.1 Å². The van der Waals surface area contributed by atoms with Crippen molar-refractivity contribution >= 4 is 27.6 Å². The summed E-state index contributed by atoms with van der Waals surface area (Å²) in [5, 5.41) is 10.8. The first-order chi connectivity index (χ1) is 8.59. The quantitative estimate of drug-likeness (QED) is 0.587. The molecule has 0 aliphatic heterocycles. The van der Waals surface area contributed by atoms with Gasteiger partial charge in [0.1, 0.15) is 11.8 Å². The Balaban J connectivity index is 4.78. The van der Waals surface area contributed by atoms with Crippen LogP contribution in [0.1, 0.15) is 13.8 Å². The zero-order valence-corrected chi connectivity index (χ0v) is 11.9. The van der Waals surface area contributed by atoms with Crippen LogP contribution in [-0.2, 0) is 24.2 Å². The minimum atomic E-state index is -3.91. The van der Waals surface area contributed by atoms with Crippen molar-refractivity contribution < 1.29 is 27.9 Å². The number of carbonyl (C=O) groups excluding carboxylic acids is 2. The maximum absolute atomic E-state index is 11.7. The van der Waals surface area contributed by atoms with E-state index in [4.69, 9.17) is 5.11 Å². The molecule has 0 spiro atoms. The second-order valence-electron chi connectivity index (χ2n) is 4.05. The van der Waals surface area contributed by atoms with Gasteiger partial charge in [0.15, 0.2) is 9.84 Å². The molecular weight excluding hydrogens is 276 g/mol. The highest BCUT2D eigenvalue weighted by Crippen LogP contribution is 1.99. The van der Waals surface area contributed by atoms with Gasteiger partial charge in [-0.15, -0.1) is 0 Å². The molecule has 1 unspecified atom stereocenters. The van der Waals surface area contributed by atoms with E-state index in [2.05, 4.69) is 0 Å². The number of hydrogen-bond acceptors (Lipinski definition) is 5. The highest BCUT2D eigenvalue weighted by atomic mass is 32.2. The summed E-state index contributed by atoms with van der Waals surface area (Å²) in [5.74, 6) is -4.32. The van der Waals surface area contributed by atoms with Crippen LogP contribution in [-0.4, -0.2) is 67.3 Å². The van der Waals surface area contributed by atoms with Crippen LogP contribution in [0.15, 0.2) is 0 Å². The third-order valence-corrected chi connectivity index (χ3v) is 3.87. The van der Waals surface area contributed by atoms with Crippen molar-refractivity contribution in [2.24, 2.45) is 0 Å². The topological polar surface area (TPSA) is 121 Å². The Morgan fingerprint density at radius 1 is 1.32 bits per heavy atom. The minimum Gasteiger partial charge on any atom is -0.480 e. The van der Waals surface area contributed by atoms with Gasteiger partial charge >= 0.3 is 5.97 Å². The fourth-order valence-corrected chi connectivity index (χ4v) is 2.66. The van der Waals surface area contributed by atoms with E-state index < -0.39 is 45.2 Å². The van der Waals surface area contributed by atoms with Gasteiger partial charge in [0, 0.05) is 20.5 Å². The molecular formula is C10H18N2O6S. The fraction of sp³-hybridized carbons (Fsp3) is 0.700. The molecule has 0 aliphatic carbocycles. The Bertz CT molecular complexity index is 459. The van der Waals surface area contributed by atoms with Crippen LogP contribution in [0.5, 0.6) is 0 Å². The SMILES string of the molecule is CCN(C)C(=O)CS(=O)(=O)CC(NC(C)=O)C(=O)O. The molecule has 0 aliphatic rings. The number of rotatable bonds is 7. The van der Waals surface area contributed by atoms with Gasteiger partial charge in [-0.2, -0.15) is 0 Å². The predicted molar refractivity (Wildman–Crippen MR) is 67.2 cm³/mol. The van der Waals surface area contributed by atoms with E-state index in [0.717, 1.165) is 6.92 Å². The third kappa shape index (κ3) is 6.75. The lowest BCUT2D eigenvalue weighted by Crippen LogP contribution is -2.46. The van der Waals surface area contributed by atoms with Crippen molar-refractivity contribution in [3.8, 4) is 0 Å². The normalized spacial score (nSPS) is 12.6. The molecule has 0 aromatic carbocycles. The zero-order valence-electron chi connectivity index (χ0n) is 11.0. The Morgan fingerprint density at radius 2 is 1.84 bits per heavy atom. The number of aliphatic carboxylic acids is 1. The van der Waals surface area contributed by atoms with Crippen molar-refractivity contribution in [1.82, 2.24) is 10.2 Å². The number of amides is 2. The average Bonchev–Trinajstić information content (AvgIpc) is 2.25. The summed E-state index contributed by atoms with van der Waals surface area (Å²) in [6, 6.07) is -1.55. The number of carboxylic acids is 1. The monoisotopic (exact) mass is 294 g/mol. The van der Waals surface area contributed by atoms with Crippen LogP contribution in [0, 0.1) is 0 Å².